The number of halogens is 3. The van der Waals surface area contributed by atoms with E-state index in [4.69, 9.17) is 34.8 Å². The van der Waals surface area contributed by atoms with Crippen molar-refractivity contribution in [3.8, 4) is 0 Å². The normalized spacial score (nSPS) is 8.00. The molecule has 0 saturated carbocycles. The highest BCUT2D eigenvalue weighted by Crippen LogP contribution is 2.16. The zero-order valence-electron chi connectivity index (χ0n) is 3.04. The molecule has 0 bridgehead atoms. The lowest BCUT2D eigenvalue weighted by Crippen LogP contribution is -1.75. The minimum absolute atomic E-state index is 0.0694. The van der Waals surface area contributed by atoms with Crippen LogP contribution in [0.1, 0.15) is 0 Å². The monoisotopic (exact) mass is 173 g/mol. The molecule has 0 fully saturated rings. The van der Waals surface area contributed by atoms with Crippen LogP contribution in [0.3, 0.4) is 0 Å². The zero-order valence-corrected chi connectivity index (χ0v) is 6.31. The van der Waals surface area contributed by atoms with Crippen molar-refractivity contribution in [3.05, 3.63) is 9.71 Å². The van der Waals surface area contributed by atoms with Crippen LogP contribution in [0.2, 0.25) is 0 Å². The van der Waals surface area contributed by atoms with E-state index in [9.17, 15) is 0 Å². The average Bonchev–Trinajstić information content (AvgIpc) is 1.65. The maximum atomic E-state index is 5.15. The second-order valence-corrected chi connectivity index (χ2v) is 2.13. The lowest BCUT2D eigenvalue weighted by molar-refractivity contribution is 0.513. The van der Waals surface area contributed by atoms with Gasteiger partial charge in [-0.1, -0.05) is 23.2 Å². The quantitative estimate of drug-likeness (QED) is 0.436. The molecule has 3 radical (unpaired) electrons. The topological polar surface area (TPSA) is 9.23 Å². The molecule has 0 aliphatic carbocycles. The van der Waals surface area contributed by atoms with Crippen LogP contribution in [-0.4, -0.2) is 10.5 Å². The largest absolute Gasteiger partial charge is 0.531 e. The summed E-state index contributed by atoms with van der Waals surface area (Å²) in [5, 5.41) is -0.0694. The molecule has 0 rings (SSSR count). The molecule has 0 amide bonds. The first-order valence-electron chi connectivity index (χ1n) is 1.23. The summed E-state index contributed by atoms with van der Waals surface area (Å²) in [6.07, 6.45) is 0. The highest BCUT2D eigenvalue weighted by molar-refractivity contribution is 6.59. The summed E-state index contributed by atoms with van der Waals surface area (Å²) >= 11 is 15.3. The predicted octanol–water partition coefficient (Wildman–Crippen LogP) is 1.93. The van der Waals surface area contributed by atoms with Gasteiger partial charge in [0.25, 0.3) is 0 Å². The van der Waals surface area contributed by atoms with E-state index in [0.29, 0.717) is 0 Å². The third-order valence-electron chi connectivity index (χ3n) is 0.238. The standard InChI is InChI=1S/C2Cl3OSi/c3-1(4)2(5)6-7. The molecule has 0 aromatic rings. The SMILES string of the molecule is [Si]OC(Cl)=C(Cl)Cl. The van der Waals surface area contributed by atoms with Gasteiger partial charge in [0.2, 0.25) is 5.22 Å². The fourth-order valence-corrected chi connectivity index (χ4v) is 0.347. The van der Waals surface area contributed by atoms with Gasteiger partial charge in [-0.15, -0.1) is 0 Å². The zero-order chi connectivity index (χ0) is 5.86. The molecule has 0 heterocycles. The van der Waals surface area contributed by atoms with Crippen molar-refractivity contribution in [2.24, 2.45) is 0 Å². The predicted molar refractivity (Wildman–Crippen MR) is 31.4 cm³/mol. The highest BCUT2D eigenvalue weighted by Gasteiger charge is 1.93. The first-order chi connectivity index (χ1) is 3.18. The fraction of sp³-hybridized carbons (Fsp3) is 0. The van der Waals surface area contributed by atoms with Crippen LogP contribution in [0.4, 0.5) is 0 Å². The van der Waals surface area contributed by atoms with Gasteiger partial charge in [-0.3, -0.25) is 0 Å². The summed E-state index contributed by atoms with van der Waals surface area (Å²) < 4.78 is 4.10. The first kappa shape index (κ1) is 7.63. The number of hydrogen-bond acceptors (Lipinski definition) is 1. The Balaban J connectivity index is 3.72. The minimum Gasteiger partial charge on any atom is -0.531 e. The first-order valence-corrected chi connectivity index (χ1v) is 2.77. The van der Waals surface area contributed by atoms with E-state index >= 15 is 0 Å². The molecule has 0 aromatic heterocycles. The van der Waals surface area contributed by atoms with Crippen LogP contribution in [0.25, 0.3) is 0 Å². The Morgan fingerprint density at radius 1 is 1.29 bits per heavy atom. The lowest BCUT2D eigenvalue weighted by Gasteiger charge is -1.91. The van der Waals surface area contributed by atoms with Crippen LogP contribution >= 0.6 is 34.8 Å². The Morgan fingerprint density at radius 2 is 1.71 bits per heavy atom. The molecule has 39 valence electrons. The van der Waals surface area contributed by atoms with Crippen molar-refractivity contribution in [2.45, 2.75) is 0 Å². The van der Waals surface area contributed by atoms with Gasteiger partial charge in [0.05, 0.1) is 0 Å². The molecule has 0 N–H and O–H groups in total. The van der Waals surface area contributed by atoms with Crippen molar-refractivity contribution < 1.29 is 4.43 Å². The minimum atomic E-state index is -0.100. The Morgan fingerprint density at radius 3 is 1.71 bits per heavy atom. The molecule has 0 saturated heterocycles. The number of rotatable bonds is 1. The lowest BCUT2D eigenvalue weighted by atomic mass is 11.1. The van der Waals surface area contributed by atoms with Gasteiger partial charge in [-0.2, -0.15) is 0 Å². The number of hydrogen-bond donors (Lipinski definition) is 0. The van der Waals surface area contributed by atoms with Crippen molar-refractivity contribution in [1.29, 1.82) is 0 Å². The molecule has 0 unspecified atom stereocenters. The third kappa shape index (κ3) is 3.23. The van der Waals surface area contributed by atoms with Crippen LogP contribution in [0.15, 0.2) is 9.71 Å². The van der Waals surface area contributed by atoms with E-state index < -0.39 is 0 Å². The van der Waals surface area contributed by atoms with Gasteiger partial charge in [-0.05, 0) is 11.6 Å². The summed E-state index contributed by atoms with van der Waals surface area (Å²) in [6.45, 7) is 0. The van der Waals surface area contributed by atoms with E-state index in [2.05, 4.69) is 14.9 Å². The van der Waals surface area contributed by atoms with Gasteiger partial charge in [0.15, 0.2) is 4.49 Å². The van der Waals surface area contributed by atoms with Gasteiger partial charge in [-0.25, -0.2) is 0 Å². The van der Waals surface area contributed by atoms with E-state index in [0.717, 1.165) is 0 Å². The van der Waals surface area contributed by atoms with E-state index in [1.54, 1.807) is 0 Å². The Hall–Kier alpha value is 0.627. The second-order valence-electron chi connectivity index (χ2n) is 0.636. The smallest absolute Gasteiger partial charge is 0.342 e. The Bertz CT molecular complexity index is 86.9. The van der Waals surface area contributed by atoms with E-state index in [1.807, 2.05) is 0 Å². The molecular formula is C2Cl3OSi. The molecule has 0 atom stereocenters. The summed E-state index contributed by atoms with van der Waals surface area (Å²) in [6, 6.07) is 0. The molecule has 1 nitrogen and oxygen atoms in total. The maximum Gasteiger partial charge on any atom is 0.342 e. The van der Waals surface area contributed by atoms with Crippen molar-refractivity contribution in [3.63, 3.8) is 0 Å². The molecule has 0 aliphatic rings. The van der Waals surface area contributed by atoms with E-state index in [-0.39, 0.29) is 9.71 Å². The third-order valence-corrected chi connectivity index (χ3v) is 1.37. The van der Waals surface area contributed by atoms with Gasteiger partial charge in [0, 0.05) is 0 Å². The molecule has 0 aliphatic heterocycles. The average molecular weight is 174 g/mol. The summed E-state index contributed by atoms with van der Waals surface area (Å²) in [4.78, 5) is 0. The molecule has 0 aromatic carbocycles. The van der Waals surface area contributed by atoms with Gasteiger partial charge < -0.3 is 4.43 Å². The molecule has 7 heavy (non-hydrogen) atoms. The maximum absolute atomic E-state index is 5.15. The van der Waals surface area contributed by atoms with Crippen molar-refractivity contribution in [2.75, 3.05) is 0 Å². The fourth-order valence-electron chi connectivity index (χ4n) is 0.0386. The molecular weight excluding hydrogens is 174 g/mol. The van der Waals surface area contributed by atoms with Crippen LogP contribution in [0, 0.1) is 0 Å². The van der Waals surface area contributed by atoms with Crippen molar-refractivity contribution in [1.82, 2.24) is 0 Å². The highest BCUT2D eigenvalue weighted by atomic mass is 35.5. The van der Waals surface area contributed by atoms with Crippen LogP contribution < -0.4 is 0 Å². The second kappa shape index (κ2) is 3.61. The molecule has 5 heteroatoms. The Labute approximate surface area is 59.7 Å². The van der Waals surface area contributed by atoms with Crippen LogP contribution in [-0.2, 0) is 4.43 Å². The van der Waals surface area contributed by atoms with E-state index in [1.165, 1.54) is 0 Å². The summed E-state index contributed by atoms with van der Waals surface area (Å²) in [5.41, 5.74) is 0. The Kier molecular flexibility index (Phi) is 3.93. The van der Waals surface area contributed by atoms with Crippen LogP contribution in [0.5, 0.6) is 0 Å². The molecule has 0 spiro atoms. The van der Waals surface area contributed by atoms with Gasteiger partial charge >= 0.3 is 10.5 Å². The summed E-state index contributed by atoms with van der Waals surface area (Å²) in [7, 11) is 2.60. The van der Waals surface area contributed by atoms with Gasteiger partial charge in [0.1, 0.15) is 0 Å². The summed E-state index contributed by atoms with van der Waals surface area (Å²) in [5.74, 6) is 0. The van der Waals surface area contributed by atoms with Crippen molar-refractivity contribution >= 4 is 45.3 Å².